The molecule has 0 aromatic heterocycles. The third-order valence-corrected chi connectivity index (χ3v) is 6.53. The van der Waals surface area contributed by atoms with Gasteiger partial charge in [-0.25, -0.2) is 0 Å². The molecular formula is C27H37NO3. The Morgan fingerprint density at radius 2 is 1.71 bits per heavy atom. The predicted molar refractivity (Wildman–Crippen MR) is 126 cm³/mol. The van der Waals surface area contributed by atoms with Crippen LogP contribution < -0.4 is 9.47 Å². The molecule has 0 aliphatic carbocycles. The monoisotopic (exact) mass is 423 g/mol. The quantitative estimate of drug-likeness (QED) is 0.565. The van der Waals surface area contributed by atoms with Crippen molar-refractivity contribution in [3.05, 3.63) is 59.2 Å². The van der Waals surface area contributed by atoms with Gasteiger partial charge in [-0.15, -0.1) is 0 Å². The summed E-state index contributed by atoms with van der Waals surface area (Å²) in [7, 11) is 3.32. The van der Waals surface area contributed by atoms with Crippen LogP contribution in [0.25, 0.3) is 0 Å². The topological polar surface area (TPSA) is 38.8 Å². The molecule has 0 bridgehead atoms. The van der Waals surface area contributed by atoms with Gasteiger partial charge in [-0.1, -0.05) is 44.2 Å². The van der Waals surface area contributed by atoms with E-state index in [2.05, 4.69) is 62.1 Å². The number of methoxy groups -OCH3 is 2. The summed E-state index contributed by atoms with van der Waals surface area (Å²) in [5, 5.41) is 0. The molecule has 4 heteroatoms. The number of amides is 1. The number of carbonyl (C=O) groups is 1. The standard InChI is InChI=1S/C27H37NO3/c1-18(2)15-21-7-9-22(10-8-21)20(4)27(29)28-14-13-24(16-19(28)3)23-11-12-25(30-5)26(17-23)31-6/h7-12,17-20,24H,13-16H2,1-6H3. The minimum atomic E-state index is -0.117. The van der Waals surface area contributed by atoms with E-state index in [1.165, 1.54) is 11.1 Å². The van der Waals surface area contributed by atoms with Crippen molar-refractivity contribution in [1.82, 2.24) is 4.90 Å². The fraction of sp³-hybridized carbons (Fsp3) is 0.519. The van der Waals surface area contributed by atoms with Crippen molar-refractivity contribution in [3.63, 3.8) is 0 Å². The summed E-state index contributed by atoms with van der Waals surface area (Å²) in [5.74, 6) is 2.69. The molecule has 3 atom stereocenters. The predicted octanol–water partition coefficient (Wildman–Crippen LogP) is 5.80. The van der Waals surface area contributed by atoms with Gasteiger partial charge in [0.15, 0.2) is 11.5 Å². The minimum absolute atomic E-state index is 0.117. The maximum Gasteiger partial charge on any atom is 0.230 e. The number of benzene rings is 2. The van der Waals surface area contributed by atoms with Gasteiger partial charge in [0, 0.05) is 12.6 Å². The van der Waals surface area contributed by atoms with Crippen molar-refractivity contribution in [1.29, 1.82) is 0 Å². The second-order valence-corrected chi connectivity index (χ2v) is 9.28. The molecule has 1 saturated heterocycles. The first kappa shape index (κ1) is 23.2. The van der Waals surface area contributed by atoms with Gasteiger partial charge in [-0.2, -0.15) is 0 Å². The zero-order valence-corrected chi connectivity index (χ0v) is 19.9. The average Bonchev–Trinajstić information content (AvgIpc) is 2.77. The summed E-state index contributed by atoms with van der Waals surface area (Å²) in [6, 6.07) is 15.0. The highest BCUT2D eigenvalue weighted by Gasteiger charge is 2.32. The van der Waals surface area contributed by atoms with Crippen LogP contribution in [0.2, 0.25) is 0 Å². The van der Waals surface area contributed by atoms with Gasteiger partial charge >= 0.3 is 0 Å². The largest absolute Gasteiger partial charge is 0.493 e. The molecule has 0 radical (unpaired) electrons. The first-order valence-corrected chi connectivity index (χ1v) is 11.4. The summed E-state index contributed by atoms with van der Waals surface area (Å²) in [6.45, 7) is 9.45. The SMILES string of the molecule is COc1ccc(C2CCN(C(=O)C(C)c3ccc(CC(C)C)cc3)C(C)C2)cc1OC. The molecule has 1 heterocycles. The second-order valence-electron chi connectivity index (χ2n) is 9.28. The van der Waals surface area contributed by atoms with Crippen molar-refractivity contribution >= 4 is 5.91 Å². The molecule has 1 fully saturated rings. The Morgan fingerprint density at radius 1 is 1.03 bits per heavy atom. The van der Waals surface area contributed by atoms with E-state index in [0.29, 0.717) is 11.8 Å². The Balaban J connectivity index is 1.65. The number of carbonyl (C=O) groups excluding carboxylic acids is 1. The van der Waals surface area contributed by atoms with Crippen molar-refractivity contribution in [2.75, 3.05) is 20.8 Å². The third kappa shape index (κ3) is 5.41. The van der Waals surface area contributed by atoms with Crippen molar-refractivity contribution in [2.24, 2.45) is 5.92 Å². The molecular weight excluding hydrogens is 386 g/mol. The number of nitrogens with zero attached hydrogens (tertiary/aromatic N) is 1. The molecule has 2 aromatic rings. The molecule has 3 rings (SSSR count). The number of hydrogen-bond donors (Lipinski definition) is 0. The van der Waals surface area contributed by atoms with Gasteiger partial charge in [0.05, 0.1) is 20.1 Å². The Labute approximate surface area is 187 Å². The summed E-state index contributed by atoms with van der Waals surface area (Å²) in [4.78, 5) is 15.4. The molecule has 1 aliphatic rings. The van der Waals surface area contributed by atoms with Gasteiger partial charge in [-0.3, -0.25) is 4.79 Å². The molecule has 0 spiro atoms. The van der Waals surface area contributed by atoms with E-state index in [1.54, 1.807) is 14.2 Å². The van der Waals surface area contributed by atoms with Crippen LogP contribution in [0.3, 0.4) is 0 Å². The van der Waals surface area contributed by atoms with Gasteiger partial charge in [0.1, 0.15) is 0 Å². The zero-order valence-electron chi connectivity index (χ0n) is 19.9. The Hall–Kier alpha value is -2.49. The van der Waals surface area contributed by atoms with Crippen LogP contribution in [0.4, 0.5) is 0 Å². The maximum atomic E-state index is 13.3. The number of hydrogen-bond acceptors (Lipinski definition) is 3. The van der Waals surface area contributed by atoms with E-state index >= 15 is 0 Å². The fourth-order valence-corrected chi connectivity index (χ4v) is 4.71. The number of likely N-dealkylation sites (tertiary alicyclic amines) is 1. The highest BCUT2D eigenvalue weighted by molar-refractivity contribution is 5.83. The smallest absolute Gasteiger partial charge is 0.230 e. The van der Waals surface area contributed by atoms with E-state index in [9.17, 15) is 4.79 Å². The summed E-state index contributed by atoms with van der Waals surface area (Å²) < 4.78 is 10.8. The Kier molecular flexibility index (Phi) is 7.64. The van der Waals surface area contributed by atoms with E-state index in [1.807, 2.05) is 13.0 Å². The van der Waals surface area contributed by atoms with E-state index in [-0.39, 0.29) is 17.9 Å². The molecule has 1 amide bonds. The molecule has 2 aromatic carbocycles. The molecule has 0 N–H and O–H groups in total. The third-order valence-electron chi connectivity index (χ3n) is 6.53. The second kappa shape index (κ2) is 10.2. The van der Waals surface area contributed by atoms with Crippen molar-refractivity contribution < 1.29 is 14.3 Å². The Bertz CT molecular complexity index is 875. The lowest BCUT2D eigenvalue weighted by Crippen LogP contribution is -2.45. The van der Waals surface area contributed by atoms with E-state index in [0.717, 1.165) is 42.9 Å². The van der Waals surface area contributed by atoms with Gasteiger partial charge < -0.3 is 14.4 Å². The van der Waals surface area contributed by atoms with Crippen LogP contribution in [0.5, 0.6) is 11.5 Å². The fourth-order valence-electron chi connectivity index (χ4n) is 4.71. The minimum Gasteiger partial charge on any atom is -0.493 e. The molecule has 3 unspecified atom stereocenters. The normalized spacial score (nSPS) is 19.9. The van der Waals surface area contributed by atoms with E-state index in [4.69, 9.17) is 9.47 Å². The molecule has 1 aliphatic heterocycles. The zero-order chi connectivity index (χ0) is 22.5. The Morgan fingerprint density at radius 3 is 2.29 bits per heavy atom. The van der Waals surface area contributed by atoms with E-state index < -0.39 is 0 Å². The van der Waals surface area contributed by atoms with Crippen molar-refractivity contribution in [3.8, 4) is 11.5 Å². The lowest BCUT2D eigenvalue weighted by Gasteiger charge is -2.39. The lowest BCUT2D eigenvalue weighted by atomic mass is 9.84. The highest BCUT2D eigenvalue weighted by atomic mass is 16.5. The molecule has 4 nitrogen and oxygen atoms in total. The molecule has 0 saturated carbocycles. The summed E-state index contributed by atoms with van der Waals surface area (Å²) >= 11 is 0. The molecule has 168 valence electrons. The van der Waals surface area contributed by atoms with Crippen LogP contribution in [-0.4, -0.2) is 37.6 Å². The summed E-state index contributed by atoms with van der Waals surface area (Å²) in [6.07, 6.45) is 3.00. The van der Waals surface area contributed by atoms with Crippen molar-refractivity contribution in [2.45, 2.75) is 64.8 Å². The van der Waals surface area contributed by atoms with Gasteiger partial charge in [0.2, 0.25) is 5.91 Å². The first-order chi connectivity index (χ1) is 14.8. The molecule has 31 heavy (non-hydrogen) atoms. The highest BCUT2D eigenvalue weighted by Crippen LogP contribution is 2.37. The first-order valence-electron chi connectivity index (χ1n) is 11.4. The average molecular weight is 424 g/mol. The van der Waals surface area contributed by atoms with Crippen LogP contribution in [0, 0.1) is 5.92 Å². The van der Waals surface area contributed by atoms with Crippen LogP contribution in [-0.2, 0) is 11.2 Å². The number of piperidine rings is 1. The van der Waals surface area contributed by atoms with Crippen LogP contribution in [0.1, 0.15) is 69.1 Å². The van der Waals surface area contributed by atoms with Gasteiger partial charge in [0.25, 0.3) is 0 Å². The maximum absolute atomic E-state index is 13.3. The lowest BCUT2D eigenvalue weighted by molar-refractivity contribution is -0.135. The van der Waals surface area contributed by atoms with Crippen LogP contribution in [0.15, 0.2) is 42.5 Å². The van der Waals surface area contributed by atoms with Crippen LogP contribution >= 0.6 is 0 Å². The number of rotatable bonds is 7. The van der Waals surface area contributed by atoms with Gasteiger partial charge in [-0.05, 0) is 73.8 Å². The number of ether oxygens (including phenoxy) is 2. The summed E-state index contributed by atoms with van der Waals surface area (Å²) in [5.41, 5.74) is 3.69.